The minimum atomic E-state index is -4.38. The lowest BCUT2D eigenvalue weighted by Crippen LogP contribution is -2.24. The zero-order valence-electron chi connectivity index (χ0n) is 20.9. The molecule has 38 heavy (non-hydrogen) atoms. The van der Waals surface area contributed by atoms with E-state index in [-0.39, 0.29) is 12.5 Å². The summed E-state index contributed by atoms with van der Waals surface area (Å²) in [7, 11) is 3.01. The smallest absolute Gasteiger partial charge is 0.416 e. The highest BCUT2D eigenvalue weighted by Gasteiger charge is 2.30. The number of thioether (sulfide) groups is 1. The fourth-order valence-corrected chi connectivity index (χ4v) is 4.64. The number of nitrogens with one attached hydrogen (secondary N) is 1. The first-order valence-corrected chi connectivity index (χ1v) is 12.5. The van der Waals surface area contributed by atoms with Crippen molar-refractivity contribution in [2.24, 2.45) is 0 Å². The van der Waals surface area contributed by atoms with E-state index in [4.69, 9.17) is 9.47 Å². The molecule has 0 saturated carbocycles. The van der Waals surface area contributed by atoms with Crippen LogP contribution in [0, 0.1) is 6.92 Å². The summed E-state index contributed by atoms with van der Waals surface area (Å²) in [6.45, 7) is 2.05. The van der Waals surface area contributed by atoms with Gasteiger partial charge in [0, 0.05) is 17.0 Å². The third kappa shape index (κ3) is 6.28. The first kappa shape index (κ1) is 27.1. The maximum Gasteiger partial charge on any atom is 0.416 e. The van der Waals surface area contributed by atoms with Crippen molar-refractivity contribution in [3.05, 3.63) is 94.8 Å². The zero-order chi connectivity index (χ0) is 27.3. The molecule has 3 aromatic carbocycles. The van der Waals surface area contributed by atoms with Crippen LogP contribution < -0.4 is 14.8 Å². The van der Waals surface area contributed by atoms with Crippen LogP contribution in [0.4, 0.5) is 13.2 Å². The third-order valence-corrected chi connectivity index (χ3v) is 6.66. The molecule has 0 aliphatic rings. The van der Waals surface area contributed by atoms with Gasteiger partial charge in [-0.25, -0.2) is 0 Å². The maximum atomic E-state index is 12.9. The molecule has 0 unspecified atom stereocenters. The van der Waals surface area contributed by atoms with E-state index in [9.17, 15) is 18.0 Å². The third-order valence-electron chi connectivity index (χ3n) is 5.66. The maximum absolute atomic E-state index is 12.9. The van der Waals surface area contributed by atoms with Gasteiger partial charge in [0.25, 0.3) is 5.91 Å². The van der Waals surface area contributed by atoms with Gasteiger partial charge in [-0.1, -0.05) is 36.0 Å². The van der Waals surface area contributed by atoms with Crippen molar-refractivity contribution in [1.82, 2.24) is 20.1 Å². The first-order valence-electron chi connectivity index (χ1n) is 11.5. The summed E-state index contributed by atoms with van der Waals surface area (Å²) in [5.74, 6) is 1.51. The number of carbonyl (C=O) groups is 1. The Hall–Kier alpha value is -3.99. The second-order valence-corrected chi connectivity index (χ2v) is 9.25. The zero-order valence-corrected chi connectivity index (χ0v) is 21.7. The van der Waals surface area contributed by atoms with Crippen LogP contribution in [0.5, 0.6) is 11.5 Å². The average Bonchev–Trinajstić information content (AvgIpc) is 3.32. The number of aromatic nitrogens is 3. The van der Waals surface area contributed by atoms with Gasteiger partial charge >= 0.3 is 6.18 Å². The number of ether oxygens (including phenoxy) is 2. The highest BCUT2D eigenvalue weighted by molar-refractivity contribution is 7.98. The fraction of sp³-hybridized carbons (Fsp3) is 0.222. The number of aryl methyl sites for hydroxylation is 1. The molecule has 0 saturated heterocycles. The number of methoxy groups -OCH3 is 2. The molecule has 0 bridgehead atoms. The van der Waals surface area contributed by atoms with Crippen molar-refractivity contribution in [1.29, 1.82) is 0 Å². The molecule has 198 valence electrons. The molecule has 0 aliphatic carbocycles. The van der Waals surface area contributed by atoms with Crippen LogP contribution in [0.25, 0.3) is 5.69 Å². The summed E-state index contributed by atoms with van der Waals surface area (Å²) in [4.78, 5) is 12.9. The quantitative estimate of drug-likeness (QED) is 0.268. The molecule has 0 radical (unpaired) electrons. The van der Waals surface area contributed by atoms with Gasteiger partial charge in [-0.3, -0.25) is 9.36 Å². The molecule has 0 aliphatic heterocycles. The molecule has 11 heteroatoms. The van der Waals surface area contributed by atoms with E-state index in [0.717, 1.165) is 23.4 Å². The van der Waals surface area contributed by atoms with Crippen molar-refractivity contribution in [3.63, 3.8) is 0 Å². The van der Waals surface area contributed by atoms with E-state index in [2.05, 4.69) is 15.5 Å². The van der Waals surface area contributed by atoms with Crippen molar-refractivity contribution in [2.45, 2.75) is 30.6 Å². The van der Waals surface area contributed by atoms with E-state index in [1.54, 1.807) is 18.2 Å². The van der Waals surface area contributed by atoms with Gasteiger partial charge in [0.15, 0.2) is 22.5 Å². The van der Waals surface area contributed by atoms with Gasteiger partial charge in [-0.2, -0.15) is 13.2 Å². The van der Waals surface area contributed by atoms with E-state index >= 15 is 0 Å². The Kier molecular flexibility index (Phi) is 8.26. The molecule has 4 rings (SSSR count). The number of alkyl halides is 3. The van der Waals surface area contributed by atoms with Crippen LogP contribution in [0.2, 0.25) is 0 Å². The number of rotatable bonds is 9. The fourth-order valence-electron chi connectivity index (χ4n) is 3.71. The molecule has 1 N–H and O–H groups in total. The SMILES string of the molecule is COc1ccc(C(=O)NCc2nnc(SCc3ccc(C(F)(F)F)cc3)n2-c2cccc(C)c2)cc1OC. The summed E-state index contributed by atoms with van der Waals surface area (Å²) in [6, 6.07) is 17.6. The standard InChI is InChI=1S/C27H25F3N4O3S/c1-17-5-4-6-21(13-17)34-24(15-31-25(35)19-9-12-22(36-2)23(14-19)37-3)32-33-26(34)38-16-18-7-10-20(11-8-18)27(28,29)30/h4-14H,15-16H2,1-3H3,(H,31,35). The molecule has 1 aromatic heterocycles. The summed E-state index contributed by atoms with van der Waals surface area (Å²) >= 11 is 1.34. The van der Waals surface area contributed by atoms with Gasteiger partial charge in [-0.05, 0) is 60.5 Å². The number of halogens is 3. The number of amides is 1. The lowest BCUT2D eigenvalue weighted by atomic mass is 10.1. The molecule has 0 spiro atoms. The summed E-state index contributed by atoms with van der Waals surface area (Å²) in [6.07, 6.45) is -4.38. The number of hydrogen-bond acceptors (Lipinski definition) is 6. The predicted molar refractivity (Wildman–Crippen MR) is 138 cm³/mol. The van der Waals surface area contributed by atoms with Gasteiger partial charge in [0.2, 0.25) is 0 Å². The van der Waals surface area contributed by atoms with Gasteiger partial charge in [0.1, 0.15) is 0 Å². The van der Waals surface area contributed by atoms with E-state index < -0.39 is 11.7 Å². The second kappa shape index (κ2) is 11.6. The largest absolute Gasteiger partial charge is 0.493 e. The van der Waals surface area contributed by atoms with Crippen molar-refractivity contribution in [3.8, 4) is 17.2 Å². The Morgan fingerprint density at radius 3 is 2.37 bits per heavy atom. The van der Waals surface area contributed by atoms with Crippen LogP contribution in [0.15, 0.2) is 71.9 Å². The van der Waals surface area contributed by atoms with Crippen LogP contribution in [0.1, 0.15) is 32.9 Å². The summed E-state index contributed by atoms with van der Waals surface area (Å²) in [5, 5.41) is 12.0. The van der Waals surface area contributed by atoms with Crippen LogP contribution in [-0.4, -0.2) is 34.9 Å². The number of nitrogens with zero attached hydrogens (tertiary/aromatic N) is 3. The van der Waals surface area contributed by atoms with Gasteiger partial charge < -0.3 is 14.8 Å². The first-order chi connectivity index (χ1) is 18.2. The number of benzene rings is 3. The average molecular weight is 543 g/mol. The Morgan fingerprint density at radius 2 is 1.71 bits per heavy atom. The highest BCUT2D eigenvalue weighted by atomic mass is 32.2. The van der Waals surface area contributed by atoms with Crippen molar-refractivity contribution in [2.75, 3.05) is 14.2 Å². The molecule has 4 aromatic rings. The second-order valence-electron chi connectivity index (χ2n) is 8.31. The normalized spacial score (nSPS) is 11.3. The minimum Gasteiger partial charge on any atom is -0.493 e. The number of carbonyl (C=O) groups excluding carboxylic acids is 1. The molecular weight excluding hydrogens is 517 g/mol. The van der Waals surface area contributed by atoms with E-state index in [1.165, 1.54) is 38.1 Å². The van der Waals surface area contributed by atoms with Crippen LogP contribution in [-0.2, 0) is 18.5 Å². The Bertz CT molecular complexity index is 1420. The van der Waals surface area contributed by atoms with E-state index in [0.29, 0.717) is 39.4 Å². The van der Waals surface area contributed by atoms with Crippen LogP contribution >= 0.6 is 11.8 Å². The summed E-state index contributed by atoms with van der Waals surface area (Å²) in [5.41, 5.74) is 2.24. The van der Waals surface area contributed by atoms with Gasteiger partial charge in [0.05, 0.1) is 26.3 Å². The van der Waals surface area contributed by atoms with Crippen LogP contribution in [0.3, 0.4) is 0 Å². The Labute approximate surface area is 222 Å². The lowest BCUT2D eigenvalue weighted by molar-refractivity contribution is -0.137. The van der Waals surface area contributed by atoms with E-state index in [1.807, 2.05) is 35.8 Å². The molecule has 7 nitrogen and oxygen atoms in total. The topological polar surface area (TPSA) is 78.3 Å². The minimum absolute atomic E-state index is 0.0922. The van der Waals surface area contributed by atoms with Gasteiger partial charge in [-0.15, -0.1) is 10.2 Å². The Morgan fingerprint density at radius 1 is 0.974 bits per heavy atom. The molecule has 1 amide bonds. The molecular formula is C27H25F3N4O3S. The molecule has 1 heterocycles. The van der Waals surface area contributed by atoms with Crippen molar-refractivity contribution >= 4 is 17.7 Å². The highest BCUT2D eigenvalue weighted by Crippen LogP contribution is 2.31. The lowest BCUT2D eigenvalue weighted by Gasteiger charge is -2.13. The number of hydrogen-bond donors (Lipinski definition) is 1. The van der Waals surface area contributed by atoms with Crippen molar-refractivity contribution < 1.29 is 27.4 Å². The molecule has 0 fully saturated rings. The predicted octanol–water partition coefficient (Wildman–Crippen LogP) is 5.83. The molecule has 0 atom stereocenters. The monoisotopic (exact) mass is 542 g/mol. The Balaban J connectivity index is 1.54. The summed E-state index contributed by atoms with van der Waals surface area (Å²) < 4.78 is 51.0.